The van der Waals surface area contributed by atoms with Crippen LogP contribution in [0.15, 0.2) is 42.5 Å². The Balaban J connectivity index is 1.90. The lowest BCUT2D eigenvalue weighted by molar-refractivity contribution is -0.137. The van der Waals surface area contributed by atoms with E-state index in [2.05, 4.69) is 0 Å². The quantitative estimate of drug-likeness (QED) is 0.587. The number of benzene rings is 2. The Labute approximate surface area is 131 Å². The molecule has 2 aromatic rings. The molecule has 23 heavy (non-hydrogen) atoms. The number of aldehydes is 1. The summed E-state index contributed by atoms with van der Waals surface area (Å²) < 4.78 is 48.4. The first kappa shape index (κ1) is 16.9. The van der Waals surface area contributed by atoms with E-state index in [-0.39, 0.29) is 19.0 Å². The van der Waals surface area contributed by atoms with Crippen molar-refractivity contribution in [1.29, 1.82) is 0 Å². The lowest BCUT2D eigenvalue weighted by atomic mass is 10.1. The van der Waals surface area contributed by atoms with Gasteiger partial charge < -0.3 is 9.47 Å². The van der Waals surface area contributed by atoms with Gasteiger partial charge in [-0.2, -0.15) is 13.2 Å². The molecule has 0 aliphatic heterocycles. The fourth-order valence-electron chi connectivity index (χ4n) is 1.96. The third-order valence-electron chi connectivity index (χ3n) is 3.06. The van der Waals surface area contributed by atoms with Gasteiger partial charge in [0.05, 0.1) is 11.1 Å². The number of carbonyl (C=O) groups excluding carboxylic acids is 1. The molecule has 0 unspecified atom stereocenters. The SMILES string of the molecule is Cc1ccc(OCCOc2cccc(C(F)(F)F)c2)c(C=O)c1. The van der Waals surface area contributed by atoms with Crippen molar-refractivity contribution in [2.45, 2.75) is 13.1 Å². The van der Waals surface area contributed by atoms with Crippen molar-refractivity contribution in [2.75, 3.05) is 13.2 Å². The number of alkyl halides is 3. The topological polar surface area (TPSA) is 35.5 Å². The summed E-state index contributed by atoms with van der Waals surface area (Å²) in [6, 6.07) is 9.80. The fourth-order valence-corrected chi connectivity index (χ4v) is 1.96. The number of carbonyl (C=O) groups is 1. The molecule has 0 bridgehead atoms. The van der Waals surface area contributed by atoms with Crippen LogP contribution in [0.2, 0.25) is 0 Å². The van der Waals surface area contributed by atoms with Crippen LogP contribution in [0.1, 0.15) is 21.5 Å². The van der Waals surface area contributed by atoms with Crippen LogP contribution in [0.4, 0.5) is 13.2 Å². The standard InChI is InChI=1S/C17H15F3O3/c1-12-5-6-16(13(9-12)11-21)23-8-7-22-15-4-2-3-14(10-15)17(18,19)20/h2-6,9-11H,7-8H2,1H3. The molecule has 0 aliphatic rings. The molecule has 2 rings (SSSR count). The molecule has 0 radical (unpaired) electrons. The van der Waals surface area contributed by atoms with Crippen LogP contribution in [0.3, 0.4) is 0 Å². The van der Waals surface area contributed by atoms with Gasteiger partial charge in [0.2, 0.25) is 0 Å². The van der Waals surface area contributed by atoms with E-state index < -0.39 is 11.7 Å². The highest BCUT2D eigenvalue weighted by Crippen LogP contribution is 2.31. The van der Waals surface area contributed by atoms with E-state index in [1.54, 1.807) is 18.2 Å². The van der Waals surface area contributed by atoms with Crippen LogP contribution in [0.5, 0.6) is 11.5 Å². The summed E-state index contributed by atoms with van der Waals surface area (Å²) >= 11 is 0. The van der Waals surface area contributed by atoms with Gasteiger partial charge in [-0.25, -0.2) is 0 Å². The van der Waals surface area contributed by atoms with Crippen LogP contribution in [0.25, 0.3) is 0 Å². The van der Waals surface area contributed by atoms with Gasteiger partial charge in [-0.1, -0.05) is 17.7 Å². The Bertz CT molecular complexity index is 681. The molecule has 0 aliphatic carbocycles. The predicted octanol–water partition coefficient (Wildman–Crippen LogP) is 4.28. The van der Waals surface area contributed by atoms with Crippen LogP contribution in [-0.2, 0) is 6.18 Å². The van der Waals surface area contributed by atoms with E-state index in [1.807, 2.05) is 6.92 Å². The van der Waals surface area contributed by atoms with Crippen molar-refractivity contribution in [3.63, 3.8) is 0 Å². The zero-order valence-corrected chi connectivity index (χ0v) is 12.4. The Morgan fingerprint density at radius 1 is 1.04 bits per heavy atom. The summed E-state index contributed by atoms with van der Waals surface area (Å²) in [4.78, 5) is 10.9. The molecule has 0 saturated heterocycles. The highest BCUT2D eigenvalue weighted by atomic mass is 19.4. The van der Waals surface area contributed by atoms with Crippen molar-refractivity contribution < 1.29 is 27.4 Å². The first-order valence-electron chi connectivity index (χ1n) is 6.89. The van der Waals surface area contributed by atoms with Crippen molar-refractivity contribution in [2.24, 2.45) is 0 Å². The average molecular weight is 324 g/mol. The Morgan fingerprint density at radius 3 is 2.48 bits per heavy atom. The third-order valence-corrected chi connectivity index (χ3v) is 3.06. The summed E-state index contributed by atoms with van der Waals surface area (Å²) in [6.07, 6.45) is -3.72. The van der Waals surface area contributed by atoms with Gasteiger partial charge in [-0.05, 0) is 37.3 Å². The average Bonchev–Trinajstić information content (AvgIpc) is 2.52. The van der Waals surface area contributed by atoms with E-state index in [4.69, 9.17) is 9.47 Å². The second kappa shape index (κ2) is 7.17. The van der Waals surface area contributed by atoms with E-state index in [9.17, 15) is 18.0 Å². The van der Waals surface area contributed by atoms with E-state index >= 15 is 0 Å². The Morgan fingerprint density at radius 2 is 1.78 bits per heavy atom. The molecule has 0 atom stereocenters. The highest BCUT2D eigenvalue weighted by Gasteiger charge is 2.30. The molecule has 0 amide bonds. The molecular weight excluding hydrogens is 309 g/mol. The molecule has 6 heteroatoms. The van der Waals surface area contributed by atoms with Crippen molar-refractivity contribution >= 4 is 6.29 Å². The molecular formula is C17H15F3O3. The number of hydrogen-bond donors (Lipinski definition) is 0. The largest absolute Gasteiger partial charge is 0.490 e. The van der Waals surface area contributed by atoms with E-state index in [1.165, 1.54) is 12.1 Å². The smallest absolute Gasteiger partial charge is 0.416 e. The van der Waals surface area contributed by atoms with Gasteiger partial charge in [0, 0.05) is 0 Å². The fraction of sp³-hybridized carbons (Fsp3) is 0.235. The molecule has 2 aromatic carbocycles. The number of aryl methyl sites for hydroxylation is 1. The summed E-state index contributed by atoms with van der Waals surface area (Å²) in [7, 11) is 0. The van der Waals surface area contributed by atoms with Crippen molar-refractivity contribution in [1.82, 2.24) is 0 Å². The van der Waals surface area contributed by atoms with Crippen molar-refractivity contribution in [3.05, 3.63) is 59.2 Å². The highest BCUT2D eigenvalue weighted by molar-refractivity contribution is 5.79. The second-order valence-electron chi connectivity index (χ2n) is 4.88. The van der Waals surface area contributed by atoms with Gasteiger partial charge in [0.25, 0.3) is 0 Å². The number of rotatable bonds is 6. The third kappa shape index (κ3) is 4.74. The normalized spacial score (nSPS) is 11.1. The minimum Gasteiger partial charge on any atom is -0.490 e. The van der Waals surface area contributed by atoms with Crippen LogP contribution < -0.4 is 9.47 Å². The molecule has 3 nitrogen and oxygen atoms in total. The summed E-state index contributed by atoms with van der Waals surface area (Å²) in [5, 5.41) is 0. The maximum Gasteiger partial charge on any atom is 0.416 e. The summed E-state index contributed by atoms with van der Waals surface area (Å²) in [6.45, 7) is 2.03. The molecule has 0 saturated carbocycles. The Kier molecular flexibility index (Phi) is 5.26. The first-order valence-corrected chi connectivity index (χ1v) is 6.89. The number of halogens is 3. The van der Waals surface area contributed by atoms with Gasteiger partial charge in [0.15, 0.2) is 6.29 Å². The molecule has 0 aromatic heterocycles. The monoisotopic (exact) mass is 324 g/mol. The van der Waals surface area contributed by atoms with Gasteiger partial charge in [-0.3, -0.25) is 4.79 Å². The van der Waals surface area contributed by atoms with Crippen molar-refractivity contribution in [3.8, 4) is 11.5 Å². The molecule has 0 heterocycles. The van der Waals surface area contributed by atoms with Crippen LogP contribution in [0, 0.1) is 6.92 Å². The predicted molar refractivity (Wildman–Crippen MR) is 79.0 cm³/mol. The molecule has 0 fully saturated rings. The lowest BCUT2D eigenvalue weighted by Crippen LogP contribution is -2.11. The van der Waals surface area contributed by atoms with Gasteiger partial charge in [0.1, 0.15) is 24.7 Å². The summed E-state index contributed by atoms with van der Waals surface area (Å²) in [5.74, 6) is 0.529. The molecule has 122 valence electrons. The first-order chi connectivity index (χ1) is 10.9. The number of hydrogen-bond acceptors (Lipinski definition) is 3. The second-order valence-corrected chi connectivity index (χ2v) is 4.88. The maximum atomic E-state index is 12.6. The zero-order chi connectivity index (χ0) is 16.9. The molecule has 0 spiro atoms. The minimum absolute atomic E-state index is 0.0630. The molecule has 0 N–H and O–H groups in total. The van der Waals surface area contributed by atoms with E-state index in [0.29, 0.717) is 17.6 Å². The summed E-state index contributed by atoms with van der Waals surface area (Å²) in [5.41, 5.74) is 0.585. The maximum absolute atomic E-state index is 12.6. The Hall–Kier alpha value is -2.50. The number of ether oxygens (including phenoxy) is 2. The lowest BCUT2D eigenvalue weighted by Gasteiger charge is -2.12. The van der Waals surface area contributed by atoms with Crippen LogP contribution >= 0.6 is 0 Å². The minimum atomic E-state index is -4.41. The van der Waals surface area contributed by atoms with Crippen LogP contribution in [-0.4, -0.2) is 19.5 Å². The van der Waals surface area contributed by atoms with Gasteiger partial charge >= 0.3 is 6.18 Å². The van der Waals surface area contributed by atoms with E-state index in [0.717, 1.165) is 17.7 Å². The van der Waals surface area contributed by atoms with Gasteiger partial charge in [-0.15, -0.1) is 0 Å². The zero-order valence-electron chi connectivity index (χ0n) is 12.4.